The number of fused-ring (bicyclic) bond motifs is 2. The van der Waals surface area contributed by atoms with Crippen LogP contribution in [0.1, 0.15) is 34.5 Å². The van der Waals surface area contributed by atoms with Crippen LogP contribution in [0.5, 0.6) is 0 Å². The molecule has 1 amide bonds. The molecular formula is C25H22F2N6O3. The van der Waals surface area contributed by atoms with Gasteiger partial charge in [-0.25, -0.2) is 23.5 Å². The van der Waals surface area contributed by atoms with Gasteiger partial charge in [-0.15, -0.1) is 0 Å². The van der Waals surface area contributed by atoms with Crippen LogP contribution in [-0.2, 0) is 13.1 Å². The predicted octanol–water partition coefficient (Wildman–Crippen LogP) is 3.55. The summed E-state index contributed by atoms with van der Waals surface area (Å²) in [5.41, 5.74) is 3.57. The maximum absolute atomic E-state index is 13.5. The summed E-state index contributed by atoms with van der Waals surface area (Å²) < 4.78 is 32.0. The highest BCUT2D eigenvalue weighted by Crippen LogP contribution is 2.29. The van der Waals surface area contributed by atoms with Crippen LogP contribution in [0.3, 0.4) is 0 Å². The number of H-pyrrole nitrogens is 1. The van der Waals surface area contributed by atoms with Crippen molar-refractivity contribution in [3.8, 4) is 0 Å². The summed E-state index contributed by atoms with van der Waals surface area (Å²) in [5.74, 6) is -1.69. The smallest absolute Gasteiger partial charge is 0.408 e. The van der Waals surface area contributed by atoms with Crippen molar-refractivity contribution >= 4 is 28.6 Å². The Hall–Kier alpha value is -4.12. The van der Waals surface area contributed by atoms with Crippen LogP contribution in [0.2, 0.25) is 0 Å². The van der Waals surface area contributed by atoms with E-state index in [0.29, 0.717) is 48.9 Å². The van der Waals surface area contributed by atoms with Crippen LogP contribution in [0.15, 0.2) is 51.8 Å². The lowest BCUT2D eigenvalue weighted by atomic mass is 10.0. The summed E-state index contributed by atoms with van der Waals surface area (Å²) in [6.45, 7) is 2.60. The number of rotatable bonds is 4. The van der Waals surface area contributed by atoms with Crippen molar-refractivity contribution in [3.63, 3.8) is 0 Å². The number of nitrogens with zero attached hydrogens (tertiary/aromatic N) is 4. The lowest BCUT2D eigenvalue weighted by Crippen LogP contribution is -2.45. The number of benzene rings is 2. The van der Waals surface area contributed by atoms with Gasteiger partial charge < -0.3 is 14.6 Å². The fourth-order valence-electron chi connectivity index (χ4n) is 4.95. The van der Waals surface area contributed by atoms with Crippen LogP contribution < -0.4 is 11.1 Å². The van der Waals surface area contributed by atoms with Gasteiger partial charge in [0.1, 0.15) is 11.6 Å². The van der Waals surface area contributed by atoms with Gasteiger partial charge in [-0.3, -0.25) is 14.7 Å². The number of aromatic nitrogens is 3. The van der Waals surface area contributed by atoms with Crippen LogP contribution >= 0.6 is 0 Å². The molecule has 1 saturated heterocycles. The fraction of sp³-hybridized carbons (Fsp3) is 0.280. The van der Waals surface area contributed by atoms with Crippen molar-refractivity contribution in [2.45, 2.75) is 32.0 Å². The molecule has 2 aromatic heterocycles. The molecule has 36 heavy (non-hydrogen) atoms. The minimum absolute atomic E-state index is 0.0840. The Bertz CT molecular complexity index is 1510. The Morgan fingerprint density at radius 2 is 1.86 bits per heavy atom. The van der Waals surface area contributed by atoms with Gasteiger partial charge in [0, 0.05) is 61.3 Å². The minimum Gasteiger partial charge on any atom is -0.408 e. The first-order valence-corrected chi connectivity index (χ1v) is 11.7. The highest BCUT2D eigenvalue weighted by Gasteiger charge is 2.32. The third-order valence-electron chi connectivity index (χ3n) is 6.74. The second kappa shape index (κ2) is 8.83. The number of amides is 1. The van der Waals surface area contributed by atoms with E-state index in [0.717, 1.165) is 30.2 Å². The van der Waals surface area contributed by atoms with Gasteiger partial charge in [-0.2, -0.15) is 0 Å². The number of carbonyl (C=O) groups is 1. The largest absolute Gasteiger partial charge is 0.417 e. The van der Waals surface area contributed by atoms with Crippen molar-refractivity contribution in [1.29, 1.82) is 0 Å². The van der Waals surface area contributed by atoms with E-state index in [2.05, 4.69) is 25.2 Å². The molecule has 4 aromatic rings. The molecule has 2 aromatic carbocycles. The van der Waals surface area contributed by atoms with Gasteiger partial charge in [-0.1, -0.05) is 0 Å². The highest BCUT2D eigenvalue weighted by atomic mass is 19.1. The minimum atomic E-state index is -0.675. The second-order valence-electron chi connectivity index (χ2n) is 9.10. The molecule has 0 atom stereocenters. The number of hydrogen-bond donors (Lipinski definition) is 2. The monoisotopic (exact) mass is 492 g/mol. The normalized spacial score (nSPS) is 16.4. The Morgan fingerprint density at radius 3 is 2.64 bits per heavy atom. The molecule has 2 aliphatic rings. The number of carbonyl (C=O) groups excluding carboxylic acids is 1. The fourth-order valence-corrected chi connectivity index (χ4v) is 4.95. The summed E-state index contributed by atoms with van der Waals surface area (Å²) in [5, 5.41) is 2.87. The summed E-state index contributed by atoms with van der Waals surface area (Å²) in [6, 6.07) is 8.45. The zero-order valence-electron chi connectivity index (χ0n) is 19.1. The first kappa shape index (κ1) is 22.4. The molecule has 9 nitrogen and oxygen atoms in total. The second-order valence-corrected chi connectivity index (χ2v) is 9.10. The first-order chi connectivity index (χ1) is 17.4. The predicted molar refractivity (Wildman–Crippen MR) is 127 cm³/mol. The zero-order valence-corrected chi connectivity index (χ0v) is 19.1. The number of halogens is 2. The summed E-state index contributed by atoms with van der Waals surface area (Å²) >= 11 is 0. The van der Waals surface area contributed by atoms with Gasteiger partial charge >= 0.3 is 5.76 Å². The van der Waals surface area contributed by atoms with E-state index in [1.165, 1.54) is 12.1 Å². The van der Waals surface area contributed by atoms with Gasteiger partial charge in [0.25, 0.3) is 5.91 Å². The molecule has 11 heteroatoms. The Kier molecular flexibility index (Phi) is 5.48. The average molecular weight is 492 g/mol. The van der Waals surface area contributed by atoms with Crippen LogP contribution in [0.25, 0.3) is 11.1 Å². The van der Waals surface area contributed by atoms with Gasteiger partial charge in [0.2, 0.25) is 5.95 Å². The summed E-state index contributed by atoms with van der Waals surface area (Å²) in [6.07, 6.45) is 3.39. The molecule has 6 rings (SSSR count). The average Bonchev–Trinajstić information content (AvgIpc) is 3.44. The van der Waals surface area contributed by atoms with E-state index < -0.39 is 17.4 Å². The lowest BCUT2D eigenvalue weighted by molar-refractivity contribution is 0.0613. The molecule has 0 aliphatic carbocycles. The molecule has 2 N–H and O–H groups in total. The van der Waals surface area contributed by atoms with E-state index >= 15 is 0 Å². The maximum Gasteiger partial charge on any atom is 0.417 e. The van der Waals surface area contributed by atoms with Crippen molar-refractivity contribution < 1.29 is 18.0 Å². The quantitative estimate of drug-likeness (QED) is 0.449. The van der Waals surface area contributed by atoms with E-state index in [1.807, 2.05) is 4.90 Å². The van der Waals surface area contributed by atoms with Crippen LogP contribution in [0.4, 0.5) is 20.4 Å². The maximum atomic E-state index is 13.5. The molecule has 0 radical (unpaired) electrons. The standard InChI is InChI=1S/C25H22F2N6O3/c26-16-8-17(27)10-18(9-16)29-24-28-11-15-12-33(13-21(15)30-24)19-3-5-32(6-4-19)23(34)14-1-2-20-22(7-14)36-25(35)31-20/h1-2,7-11,19H,3-6,12-13H2,(H,31,35)(H,28,29,30). The SMILES string of the molecule is O=C(c1ccc2[nH]c(=O)oc2c1)N1CCC(N2Cc3cnc(Nc4cc(F)cc(F)c4)nc3C2)CC1. The van der Waals surface area contributed by atoms with Crippen molar-refractivity contribution in [2.75, 3.05) is 18.4 Å². The molecule has 4 heterocycles. The molecule has 0 saturated carbocycles. The number of aromatic amines is 1. The number of piperidine rings is 1. The number of hydrogen-bond acceptors (Lipinski definition) is 7. The van der Waals surface area contributed by atoms with Gasteiger partial charge in [0.05, 0.1) is 11.2 Å². The van der Waals surface area contributed by atoms with Crippen LogP contribution in [0, 0.1) is 11.6 Å². The van der Waals surface area contributed by atoms with Crippen molar-refractivity contribution in [3.05, 3.63) is 81.6 Å². The number of oxazole rings is 1. The third kappa shape index (κ3) is 4.33. The molecule has 1 fully saturated rings. The van der Waals surface area contributed by atoms with Gasteiger partial charge in [-0.05, 0) is 43.2 Å². The Balaban J connectivity index is 1.08. The van der Waals surface area contributed by atoms with E-state index in [1.54, 1.807) is 24.4 Å². The Labute approximate surface area is 203 Å². The molecule has 2 aliphatic heterocycles. The zero-order chi connectivity index (χ0) is 24.8. The van der Waals surface area contributed by atoms with E-state index in [-0.39, 0.29) is 17.5 Å². The third-order valence-corrected chi connectivity index (χ3v) is 6.74. The summed E-state index contributed by atoms with van der Waals surface area (Å²) in [4.78, 5) is 40.0. The highest BCUT2D eigenvalue weighted by molar-refractivity contribution is 5.97. The number of nitrogens with one attached hydrogen (secondary N) is 2. The lowest BCUT2D eigenvalue weighted by Gasteiger charge is -2.36. The van der Waals surface area contributed by atoms with E-state index in [9.17, 15) is 18.4 Å². The number of anilines is 2. The van der Waals surface area contributed by atoms with Crippen LogP contribution in [-0.4, -0.2) is 49.8 Å². The molecule has 184 valence electrons. The van der Waals surface area contributed by atoms with Crippen molar-refractivity contribution in [1.82, 2.24) is 24.8 Å². The number of likely N-dealkylation sites (tertiary alicyclic amines) is 1. The molecule has 0 unspecified atom stereocenters. The van der Waals surface area contributed by atoms with E-state index in [4.69, 9.17) is 4.42 Å². The Morgan fingerprint density at radius 1 is 1.08 bits per heavy atom. The summed E-state index contributed by atoms with van der Waals surface area (Å²) in [7, 11) is 0. The van der Waals surface area contributed by atoms with Crippen molar-refractivity contribution in [2.24, 2.45) is 0 Å². The first-order valence-electron chi connectivity index (χ1n) is 11.7. The molecule has 0 bridgehead atoms. The topological polar surface area (TPSA) is 107 Å². The molecular weight excluding hydrogens is 470 g/mol. The van der Waals surface area contributed by atoms with Gasteiger partial charge in [0.15, 0.2) is 5.58 Å². The molecule has 0 spiro atoms.